The molecule has 3 aromatic rings. The zero-order valence-electron chi connectivity index (χ0n) is 18.4. The van der Waals surface area contributed by atoms with E-state index in [1.54, 1.807) is 0 Å². The second kappa shape index (κ2) is 11.8. The molecular formula is C25H27ClN2O4S. The number of carbonyl (C=O) groups excluding carboxylic acids is 1. The molecule has 0 aromatic heterocycles. The molecule has 0 aliphatic rings. The van der Waals surface area contributed by atoms with Gasteiger partial charge in [0.1, 0.15) is 5.75 Å². The number of sulfonamides is 1. The molecule has 0 radical (unpaired) electrons. The second-order valence-corrected chi connectivity index (χ2v) is 9.80. The standard InChI is InChI=1S/C25H27ClN2O4S/c1-32-24-13-12-22(18-23(24)26)33(30,31)28(17-15-21-10-6-3-7-11-21)19-25(29)27-16-14-20-8-4-2-5-9-20/h2-13,18H,14-17,19H2,1H3,(H,27,29). The van der Waals surface area contributed by atoms with Crippen LogP contribution in [-0.4, -0.2) is 45.4 Å². The maximum Gasteiger partial charge on any atom is 0.243 e. The first-order valence-corrected chi connectivity index (χ1v) is 12.4. The molecule has 0 bridgehead atoms. The summed E-state index contributed by atoms with van der Waals surface area (Å²) < 4.78 is 33.1. The minimum atomic E-state index is -3.96. The Balaban J connectivity index is 1.73. The van der Waals surface area contributed by atoms with E-state index in [9.17, 15) is 13.2 Å². The van der Waals surface area contributed by atoms with E-state index in [2.05, 4.69) is 5.32 Å². The summed E-state index contributed by atoms with van der Waals surface area (Å²) in [5.74, 6) is 0.0206. The minimum absolute atomic E-state index is 0.0125. The van der Waals surface area contributed by atoms with E-state index in [0.29, 0.717) is 25.1 Å². The Morgan fingerprint density at radius 2 is 1.55 bits per heavy atom. The molecule has 0 aliphatic heterocycles. The number of halogens is 1. The van der Waals surface area contributed by atoms with Gasteiger partial charge < -0.3 is 10.1 Å². The van der Waals surface area contributed by atoms with Crippen molar-refractivity contribution in [3.63, 3.8) is 0 Å². The van der Waals surface area contributed by atoms with Crippen LogP contribution in [-0.2, 0) is 27.7 Å². The van der Waals surface area contributed by atoms with E-state index < -0.39 is 10.0 Å². The Bertz CT molecular complexity index is 1160. The summed E-state index contributed by atoms with van der Waals surface area (Å²) in [7, 11) is -2.50. The highest BCUT2D eigenvalue weighted by Crippen LogP contribution is 2.28. The number of methoxy groups -OCH3 is 1. The molecule has 0 saturated carbocycles. The number of nitrogens with one attached hydrogen (secondary N) is 1. The molecule has 0 spiro atoms. The number of hydrogen-bond donors (Lipinski definition) is 1. The monoisotopic (exact) mass is 486 g/mol. The average Bonchev–Trinajstić information content (AvgIpc) is 2.83. The summed E-state index contributed by atoms with van der Waals surface area (Å²) in [6.07, 6.45) is 1.14. The second-order valence-electron chi connectivity index (χ2n) is 7.46. The van der Waals surface area contributed by atoms with Crippen molar-refractivity contribution in [1.29, 1.82) is 0 Å². The van der Waals surface area contributed by atoms with E-state index in [4.69, 9.17) is 16.3 Å². The number of ether oxygens (including phenoxy) is 1. The van der Waals surface area contributed by atoms with Gasteiger partial charge in [0.05, 0.1) is 23.6 Å². The van der Waals surface area contributed by atoms with Crippen LogP contribution in [0.3, 0.4) is 0 Å². The van der Waals surface area contributed by atoms with Gasteiger partial charge in [-0.15, -0.1) is 0 Å². The number of carbonyl (C=O) groups is 1. The van der Waals surface area contributed by atoms with Gasteiger partial charge in [-0.25, -0.2) is 8.42 Å². The van der Waals surface area contributed by atoms with Crippen LogP contribution in [0.2, 0.25) is 5.02 Å². The molecule has 8 heteroatoms. The highest BCUT2D eigenvalue weighted by molar-refractivity contribution is 7.89. The Labute approximate surface area is 200 Å². The van der Waals surface area contributed by atoms with E-state index in [1.807, 2.05) is 60.7 Å². The normalized spacial score (nSPS) is 11.4. The SMILES string of the molecule is COc1ccc(S(=O)(=O)N(CCc2ccccc2)CC(=O)NCCc2ccccc2)cc1Cl. The van der Waals surface area contributed by atoms with Crippen molar-refractivity contribution in [2.24, 2.45) is 0 Å². The van der Waals surface area contributed by atoms with Crippen molar-refractivity contribution in [3.8, 4) is 5.75 Å². The van der Waals surface area contributed by atoms with E-state index >= 15 is 0 Å². The number of hydrogen-bond acceptors (Lipinski definition) is 4. The smallest absolute Gasteiger partial charge is 0.243 e. The van der Waals surface area contributed by atoms with Crippen LogP contribution in [0.25, 0.3) is 0 Å². The van der Waals surface area contributed by atoms with Crippen LogP contribution in [0.5, 0.6) is 5.75 Å². The molecule has 0 unspecified atom stereocenters. The van der Waals surface area contributed by atoms with Crippen LogP contribution in [0, 0.1) is 0 Å². The van der Waals surface area contributed by atoms with Crippen LogP contribution in [0.15, 0.2) is 83.8 Å². The Hall–Kier alpha value is -2.87. The molecule has 3 rings (SSSR count). The highest BCUT2D eigenvalue weighted by atomic mass is 35.5. The lowest BCUT2D eigenvalue weighted by Crippen LogP contribution is -2.42. The van der Waals surface area contributed by atoms with Crippen LogP contribution in [0.4, 0.5) is 0 Å². The van der Waals surface area contributed by atoms with Crippen molar-refractivity contribution < 1.29 is 17.9 Å². The summed E-state index contributed by atoms with van der Waals surface area (Å²) in [5.41, 5.74) is 2.08. The Kier molecular flexibility index (Phi) is 8.88. The van der Waals surface area contributed by atoms with Gasteiger partial charge in [0.2, 0.25) is 15.9 Å². The lowest BCUT2D eigenvalue weighted by Gasteiger charge is -2.22. The summed E-state index contributed by atoms with van der Waals surface area (Å²) >= 11 is 6.16. The van der Waals surface area contributed by atoms with Crippen LogP contribution >= 0.6 is 11.6 Å². The van der Waals surface area contributed by atoms with Crippen molar-refractivity contribution >= 4 is 27.5 Å². The van der Waals surface area contributed by atoms with Crippen molar-refractivity contribution in [1.82, 2.24) is 9.62 Å². The molecule has 0 atom stereocenters. The van der Waals surface area contributed by atoms with Gasteiger partial charge >= 0.3 is 0 Å². The maximum atomic E-state index is 13.4. The molecular weight excluding hydrogens is 460 g/mol. The molecule has 3 aromatic carbocycles. The van der Waals surface area contributed by atoms with Gasteiger partial charge in [0.15, 0.2) is 0 Å². The first kappa shape index (κ1) is 24.8. The fourth-order valence-corrected chi connectivity index (χ4v) is 5.09. The summed E-state index contributed by atoms with van der Waals surface area (Å²) in [6.45, 7) is 0.291. The van der Waals surface area contributed by atoms with Gasteiger partial charge in [-0.3, -0.25) is 4.79 Å². The molecule has 0 aliphatic carbocycles. The average molecular weight is 487 g/mol. The van der Waals surface area contributed by atoms with Gasteiger partial charge in [0.25, 0.3) is 0 Å². The van der Waals surface area contributed by atoms with E-state index in [1.165, 1.54) is 29.6 Å². The lowest BCUT2D eigenvalue weighted by molar-refractivity contribution is -0.121. The first-order valence-electron chi connectivity index (χ1n) is 10.6. The van der Waals surface area contributed by atoms with Crippen molar-refractivity contribution in [2.45, 2.75) is 17.7 Å². The van der Waals surface area contributed by atoms with Crippen molar-refractivity contribution in [3.05, 3.63) is 95.0 Å². The minimum Gasteiger partial charge on any atom is -0.495 e. The lowest BCUT2D eigenvalue weighted by atomic mass is 10.1. The van der Waals surface area contributed by atoms with Crippen LogP contribution < -0.4 is 10.1 Å². The van der Waals surface area contributed by atoms with Gasteiger partial charge in [-0.2, -0.15) is 4.31 Å². The van der Waals surface area contributed by atoms with Gasteiger partial charge in [0, 0.05) is 13.1 Å². The van der Waals surface area contributed by atoms with Crippen LogP contribution in [0.1, 0.15) is 11.1 Å². The van der Waals surface area contributed by atoms with Gasteiger partial charge in [-0.1, -0.05) is 72.3 Å². The fourth-order valence-electron chi connectivity index (χ4n) is 3.35. The number of rotatable bonds is 11. The molecule has 0 heterocycles. The number of benzene rings is 3. The summed E-state index contributed by atoms with van der Waals surface area (Å²) in [4.78, 5) is 12.6. The zero-order chi connectivity index (χ0) is 23.7. The molecule has 0 fully saturated rings. The number of amides is 1. The molecule has 6 nitrogen and oxygen atoms in total. The largest absolute Gasteiger partial charge is 0.495 e. The highest BCUT2D eigenvalue weighted by Gasteiger charge is 2.27. The summed E-state index contributed by atoms with van der Waals surface area (Å²) in [5, 5.41) is 3.01. The third-order valence-electron chi connectivity index (χ3n) is 5.15. The third-order valence-corrected chi connectivity index (χ3v) is 7.29. The quantitative estimate of drug-likeness (QED) is 0.445. The predicted molar refractivity (Wildman–Crippen MR) is 130 cm³/mol. The fraction of sp³-hybridized carbons (Fsp3) is 0.240. The topological polar surface area (TPSA) is 75.7 Å². The molecule has 174 valence electrons. The van der Waals surface area contributed by atoms with E-state index in [0.717, 1.165) is 11.1 Å². The van der Waals surface area contributed by atoms with E-state index in [-0.39, 0.29) is 28.9 Å². The molecule has 1 amide bonds. The Morgan fingerprint density at radius 3 is 2.12 bits per heavy atom. The Morgan fingerprint density at radius 1 is 0.939 bits per heavy atom. The number of nitrogens with zero attached hydrogens (tertiary/aromatic N) is 1. The van der Waals surface area contributed by atoms with Gasteiger partial charge in [-0.05, 0) is 42.2 Å². The molecule has 33 heavy (non-hydrogen) atoms. The first-order chi connectivity index (χ1) is 15.9. The predicted octanol–water partition coefficient (Wildman–Crippen LogP) is 3.94. The third kappa shape index (κ3) is 7.05. The summed E-state index contributed by atoms with van der Waals surface area (Å²) in [6, 6.07) is 23.6. The maximum absolute atomic E-state index is 13.4. The van der Waals surface area contributed by atoms with Crippen molar-refractivity contribution in [2.75, 3.05) is 26.7 Å². The molecule has 1 N–H and O–H groups in total. The zero-order valence-corrected chi connectivity index (χ0v) is 20.0. The molecule has 0 saturated heterocycles.